The molecule has 0 saturated heterocycles. The summed E-state index contributed by atoms with van der Waals surface area (Å²) in [7, 11) is 0. The first-order valence-corrected chi connectivity index (χ1v) is 8.71. The molecule has 5 heteroatoms. The average Bonchev–Trinajstić information content (AvgIpc) is 2.79. The summed E-state index contributed by atoms with van der Waals surface area (Å²) in [6.07, 6.45) is 0. The van der Waals surface area contributed by atoms with Crippen LogP contribution in [0.5, 0.6) is 0 Å². The molecule has 0 aliphatic rings. The van der Waals surface area contributed by atoms with Crippen LogP contribution in [0.3, 0.4) is 0 Å². The van der Waals surface area contributed by atoms with Crippen LogP contribution >= 0.6 is 34.5 Å². The van der Waals surface area contributed by atoms with Gasteiger partial charge in [-0.05, 0) is 44.0 Å². The Balaban J connectivity index is 2.00. The van der Waals surface area contributed by atoms with E-state index in [1.807, 2.05) is 32.9 Å². The molecule has 0 aliphatic carbocycles. The van der Waals surface area contributed by atoms with Gasteiger partial charge in [0, 0.05) is 20.8 Å². The molecule has 1 heterocycles. The standard InChI is InChI=1S/C18H15Cl2NOS/c1-9-6-10(2)16(11(3)7-9)21-18(22)17-15(20)13-5-4-12(19)8-14(13)23-17/h4-8H,1-3H3,(H,21,22). The number of halogens is 2. The Morgan fingerprint density at radius 1 is 1.04 bits per heavy atom. The normalized spacial score (nSPS) is 11.0. The third-order valence-corrected chi connectivity index (χ3v) is 5.60. The van der Waals surface area contributed by atoms with Crippen molar-refractivity contribution in [2.24, 2.45) is 0 Å². The topological polar surface area (TPSA) is 29.1 Å². The Morgan fingerprint density at radius 3 is 2.35 bits per heavy atom. The summed E-state index contributed by atoms with van der Waals surface area (Å²) in [6.45, 7) is 6.02. The van der Waals surface area contributed by atoms with Crippen LogP contribution in [0.25, 0.3) is 10.1 Å². The number of thiophene rings is 1. The fourth-order valence-electron chi connectivity index (χ4n) is 2.73. The summed E-state index contributed by atoms with van der Waals surface area (Å²) in [5.74, 6) is -0.192. The molecule has 1 aromatic heterocycles. The number of benzene rings is 2. The summed E-state index contributed by atoms with van der Waals surface area (Å²) < 4.78 is 0.907. The predicted octanol–water partition coefficient (Wildman–Crippen LogP) is 6.39. The molecule has 1 amide bonds. The highest BCUT2D eigenvalue weighted by Crippen LogP contribution is 2.37. The number of amides is 1. The maximum atomic E-state index is 12.7. The Morgan fingerprint density at radius 2 is 1.70 bits per heavy atom. The van der Waals surface area contributed by atoms with Gasteiger partial charge in [0.05, 0.1) is 5.02 Å². The second kappa shape index (κ2) is 6.16. The summed E-state index contributed by atoms with van der Waals surface area (Å²) in [5.41, 5.74) is 4.09. The second-order valence-electron chi connectivity index (χ2n) is 5.61. The molecule has 0 saturated carbocycles. The first-order chi connectivity index (χ1) is 10.9. The average molecular weight is 364 g/mol. The van der Waals surface area contributed by atoms with Crippen LogP contribution in [0.4, 0.5) is 5.69 Å². The molecule has 0 atom stereocenters. The van der Waals surface area contributed by atoms with Crippen molar-refractivity contribution in [1.82, 2.24) is 0 Å². The van der Waals surface area contributed by atoms with E-state index in [1.54, 1.807) is 6.07 Å². The van der Waals surface area contributed by atoms with Gasteiger partial charge < -0.3 is 5.32 Å². The minimum Gasteiger partial charge on any atom is -0.321 e. The first kappa shape index (κ1) is 16.3. The van der Waals surface area contributed by atoms with Crippen molar-refractivity contribution in [3.8, 4) is 0 Å². The summed E-state index contributed by atoms with van der Waals surface area (Å²) >= 11 is 13.7. The lowest BCUT2D eigenvalue weighted by molar-refractivity contribution is 0.103. The van der Waals surface area contributed by atoms with Crippen molar-refractivity contribution in [3.05, 3.63) is 61.9 Å². The third-order valence-electron chi connectivity index (χ3n) is 3.71. The largest absolute Gasteiger partial charge is 0.321 e. The highest BCUT2D eigenvalue weighted by atomic mass is 35.5. The van der Waals surface area contributed by atoms with E-state index in [9.17, 15) is 4.79 Å². The van der Waals surface area contributed by atoms with Gasteiger partial charge >= 0.3 is 0 Å². The lowest BCUT2D eigenvalue weighted by atomic mass is 10.1. The van der Waals surface area contributed by atoms with E-state index in [0.29, 0.717) is 14.9 Å². The zero-order chi connectivity index (χ0) is 16.7. The van der Waals surface area contributed by atoms with Crippen molar-refractivity contribution >= 4 is 56.2 Å². The number of aryl methyl sites for hydroxylation is 3. The Kier molecular flexibility index (Phi) is 4.37. The molecule has 0 spiro atoms. The van der Waals surface area contributed by atoms with Gasteiger partial charge in [0.25, 0.3) is 5.91 Å². The lowest BCUT2D eigenvalue weighted by Gasteiger charge is -2.12. The van der Waals surface area contributed by atoms with Gasteiger partial charge in [0.2, 0.25) is 0 Å². The van der Waals surface area contributed by atoms with E-state index in [-0.39, 0.29) is 5.91 Å². The molecule has 0 fully saturated rings. The van der Waals surface area contributed by atoms with Gasteiger partial charge in [-0.25, -0.2) is 0 Å². The smallest absolute Gasteiger partial charge is 0.267 e. The van der Waals surface area contributed by atoms with Gasteiger partial charge in [-0.2, -0.15) is 0 Å². The van der Waals surface area contributed by atoms with Crippen LogP contribution in [-0.2, 0) is 0 Å². The van der Waals surface area contributed by atoms with E-state index in [4.69, 9.17) is 23.2 Å². The van der Waals surface area contributed by atoms with Crippen LogP contribution in [-0.4, -0.2) is 5.91 Å². The molecule has 0 radical (unpaired) electrons. The van der Waals surface area contributed by atoms with Gasteiger partial charge in [0.15, 0.2) is 0 Å². The van der Waals surface area contributed by atoms with E-state index in [2.05, 4.69) is 17.4 Å². The molecule has 118 valence electrons. The number of fused-ring (bicyclic) bond motifs is 1. The molecule has 2 aromatic carbocycles. The molecule has 3 rings (SSSR count). The van der Waals surface area contributed by atoms with Crippen LogP contribution in [0, 0.1) is 20.8 Å². The van der Waals surface area contributed by atoms with Crippen LogP contribution in [0.15, 0.2) is 30.3 Å². The fraction of sp³-hybridized carbons (Fsp3) is 0.167. The third kappa shape index (κ3) is 3.09. The zero-order valence-corrected chi connectivity index (χ0v) is 15.3. The van der Waals surface area contributed by atoms with Crippen LogP contribution in [0.2, 0.25) is 10.0 Å². The Hall–Kier alpha value is -1.55. The second-order valence-corrected chi connectivity index (χ2v) is 7.48. The quantitative estimate of drug-likeness (QED) is 0.561. The van der Waals surface area contributed by atoms with E-state index >= 15 is 0 Å². The molecule has 2 nitrogen and oxygen atoms in total. The van der Waals surface area contributed by atoms with Gasteiger partial charge in [-0.15, -0.1) is 11.3 Å². The van der Waals surface area contributed by atoms with Crippen molar-refractivity contribution in [3.63, 3.8) is 0 Å². The zero-order valence-electron chi connectivity index (χ0n) is 13.0. The van der Waals surface area contributed by atoms with E-state index in [1.165, 1.54) is 16.9 Å². The SMILES string of the molecule is Cc1cc(C)c(NC(=O)c2sc3cc(Cl)ccc3c2Cl)c(C)c1. The Labute approximate surface area is 149 Å². The maximum Gasteiger partial charge on any atom is 0.267 e. The number of rotatable bonds is 2. The highest BCUT2D eigenvalue weighted by Gasteiger charge is 2.18. The van der Waals surface area contributed by atoms with E-state index < -0.39 is 0 Å². The monoisotopic (exact) mass is 363 g/mol. The highest BCUT2D eigenvalue weighted by molar-refractivity contribution is 7.21. The number of nitrogens with one attached hydrogen (secondary N) is 1. The summed E-state index contributed by atoms with van der Waals surface area (Å²) in [4.78, 5) is 13.2. The number of hydrogen-bond donors (Lipinski definition) is 1. The predicted molar refractivity (Wildman–Crippen MR) is 100 cm³/mol. The van der Waals surface area contributed by atoms with Crippen molar-refractivity contribution < 1.29 is 4.79 Å². The molecule has 0 unspecified atom stereocenters. The first-order valence-electron chi connectivity index (χ1n) is 7.13. The molecular formula is C18H15Cl2NOS. The Bertz CT molecular complexity index is 907. The summed E-state index contributed by atoms with van der Waals surface area (Å²) in [6, 6.07) is 9.55. The van der Waals surface area contributed by atoms with Gasteiger partial charge in [0.1, 0.15) is 4.88 Å². The number of hydrogen-bond acceptors (Lipinski definition) is 2. The number of anilines is 1. The molecule has 1 N–H and O–H groups in total. The molecule has 3 aromatic rings. The molecule has 0 bridgehead atoms. The van der Waals surface area contributed by atoms with Crippen molar-refractivity contribution in [2.45, 2.75) is 20.8 Å². The minimum atomic E-state index is -0.192. The van der Waals surface area contributed by atoms with Crippen molar-refractivity contribution in [1.29, 1.82) is 0 Å². The minimum absolute atomic E-state index is 0.192. The number of carbonyl (C=O) groups excluding carboxylic acids is 1. The van der Waals surface area contributed by atoms with Crippen LogP contribution < -0.4 is 5.32 Å². The van der Waals surface area contributed by atoms with Gasteiger partial charge in [-0.3, -0.25) is 4.79 Å². The van der Waals surface area contributed by atoms with Crippen LogP contribution in [0.1, 0.15) is 26.4 Å². The van der Waals surface area contributed by atoms with E-state index in [0.717, 1.165) is 26.9 Å². The lowest BCUT2D eigenvalue weighted by Crippen LogP contribution is -2.13. The maximum absolute atomic E-state index is 12.7. The molecule has 23 heavy (non-hydrogen) atoms. The molecular weight excluding hydrogens is 349 g/mol. The summed E-state index contributed by atoms with van der Waals surface area (Å²) in [5, 5.41) is 4.95. The fourth-order valence-corrected chi connectivity index (χ4v) is 4.42. The number of carbonyl (C=O) groups is 1. The molecule has 0 aliphatic heterocycles. The van der Waals surface area contributed by atoms with Crippen molar-refractivity contribution in [2.75, 3.05) is 5.32 Å². The van der Waals surface area contributed by atoms with Gasteiger partial charge in [-0.1, -0.05) is 47.0 Å².